The summed E-state index contributed by atoms with van der Waals surface area (Å²) in [6.45, 7) is 7.71. The number of likely N-dealkylation sites (tertiary alicyclic amines) is 1. The van der Waals surface area contributed by atoms with Crippen LogP contribution in [0.15, 0.2) is 0 Å². The van der Waals surface area contributed by atoms with E-state index in [0.29, 0.717) is 11.8 Å². The average molecular weight is 267 g/mol. The van der Waals surface area contributed by atoms with Crippen LogP contribution >= 0.6 is 0 Å². The molecular weight excluding hydrogens is 238 g/mol. The molecule has 19 heavy (non-hydrogen) atoms. The molecule has 2 rings (SSSR count). The quantitative estimate of drug-likeness (QED) is 0.854. The summed E-state index contributed by atoms with van der Waals surface area (Å²) in [5, 5.41) is 9.75. The molecule has 0 bridgehead atoms. The van der Waals surface area contributed by atoms with Crippen LogP contribution in [0, 0.1) is 17.3 Å². The first kappa shape index (κ1) is 14.8. The van der Waals surface area contributed by atoms with Crippen LogP contribution in [0.1, 0.15) is 59.3 Å². The van der Waals surface area contributed by atoms with Crippen molar-refractivity contribution in [3.8, 4) is 0 Å². The van der Waals surface area contributed by atoms with Gasteiger partial charge in [0.2, 0.25) is 5.91 Å². The molecule has 1 saturated heterocycles. The second-order valence-corrected chi connectivity index (χ2v) is 7.10. The van der Waals surface area contributed by atoms with Crippen molar-refractivity contribution in [2.75, 3.05) is 13.1 Å². The number of carbonyl (C=O) groups excluding carboxylic acids is 1. The van der Waals surface area contributed by atoms with Crippen molar-refractivity contribution in [2.45, 2.75) is 65.4 Å². The maximum Gasteiger partial charge on any atom is 0.228 e. The van der Waals surface area contributed by atoms with Crippen molar-refractivity contribution in [3.05, 3.63) is 0 Å². The molecule has 0 radical (unpaired) electrons. The Labute approximate surface area is 117 Å². The maximum absolute atomic E-state index is 12.8. The monoisotopic (exact) mass is 267 g/mol. The summed E-state index contributed by atoms with van der Waals surface area (Å²) < 4.78 is 0. The first-order chi connectivity index (χ1) is 8.93. The highest BCUT2D eigenvalue weighted by atomic mass is 16.3. The topological polar surface area (TPSA) is 40.5 Å². The number of nitrogens with zero attached hydrogens (tertiary/aromatic N) is 1. The first-order valence-corrected chi connectivity index (χ1v) is 7.90. The smallest absolute Gasteiger partial charge is 0.228 e. The first-order valence-electron chi connectivity index (χ1n) is 7.90. The molecular formula is C16H29NO2. The third-order valence-corrected chi connectivity index (χ3v) is 5.35. The summed E-state index contributed by atoms with van der Waals surface area (Å²) in [5.41, 5.74) is -0.225. The second-order valence-electron chi connectivity index (χ2n) is 7.10. The highest BCUT2D eigenvalue weighted by Crippen LogP contribution is 2.41. The molecule has 0 aromatic rings. The maximum atomic E-state index is 12.8. The van der Waals surface area contributed by atoms with E-state index < -0.39 is 0 Å². The van der Waals surface area contributed by atoms with E-state index in [0.717, 1.165) is 25.9 Å². The van der Waals surface area contributed by atoms with Crippen molar-refractivity contribution >= 4 is 5.91 Å². The van der Waals surface area contributed by atoms with Crippen LogP contribution < -0.4 is 0 Å². The van der Waals surface area contributed by atoms with Crippen LogP contribution in [-0.2, 0) is 4.79 Å². The summed E-state index contributed by atoms with van der Waals surface area (Å²) in [6.07, 6.45) is 6.73. The van der Waals surface area contributed by atoms with Gasteiger partial charge in [0, 0.05) is 24.4 Å². The third-order valence-electron chi connectivity index (χ3n) is 5.35. The fourth-order valence-corrected chi connectivity index (χ4v) is 3.82. The van der Waals surface area contributed by atoms with Gasteiger partial charge in [-0.15, -0.1) is 0 Å². The molecule has 1 aliphatic carbocycles. The van der Waals surface area contributed by atoms with E-state index in [2.05, 4.69) is 13.8 Å². The van der Waals surface area contributed by atoms with Crippen LogP contribution in [0.5, 0.6) is 0 Å². The highest BCUT2D eigenvalue weighted by molar-refractivity contribution is 5.82. The van der Waals surface area contributed by atoms with Crippen LogP contribution in [0.3, 0.4) is 0 Å². The number of rotatable bonds is 3. The predicted molar refractivity (Wildman–Crippen MR) is 76.7 cm³/mol. The van der Waals surface area contributed by atoms with Crippen molar-refractivity contribution in [3.63, 3.8) is 0 Å². The molecule has 2 unspecified atom stereocenters. The van der Waals surface area contributed by atoms with Gasteiger partial charge in [-0.2, -0.15) is 0 Å². The molecule has 3 heteroatoms. The summed E-state index contributed by atoms with van der Waals surface area (Å²) in [4.78, 5) is 14.8. The molecule has 1 N–H and O–H groups in total. The number of amides is 1. The van der Waals surface area contributed by atoms with Gasteiger partial charge in [-0.05, 0) is 38.5 Å². The van der Waals surface area contributed by atoms with Crippen molar-refractivity contribution < 1.29 is 9.90 Å². The lowest BCUT2D eigenvalue weighted by Gasteiger charge is -2.40. The Balaban J connectivity index is 2.01. The normalized spacial score (nSPS) is 27.6. The Bertz CT molecular complexity index is 319. The van der Waals surface area contributed by atoms with Gasteiger partial charge in [0.05, 0.1) is 6.10 Å². The Morgan fingerprint density at radius 1 is 1.21 bits per heavy atom. The zero-order chi connectivity index (χ0) is 14.0. The molecule has 1 aliphatic heterocycles. The third kappa shape index (κ3) is 3.13. The standard InChI is InChI=1S/C16H29NO2/c1-12(18)13-7-6-10-17(11-13)15(19)16(2,3)14-8-4-5-9-14/h12-14,18H,4-11H2,1-3H3. The SMILES string of the molecule is CC(O)C1CCCN(C(=O)C(C)(C)C2CCCC2)C1. The largest absolute Gasteiger partial charge is 0.393 e. The molecule has 0 spiro atoms. The van der Waals surface area contributed by atoms with E-state index in [1.807, 2.05) is 11.8 Å². The van der Waals surface area contributed by atoms with Crippen molar-refractivity contribution in [1.29, 1.82) is 0 Å². The molecule has 0 aromatic heterocycles. The Morgan fingerprint density at radius 3 is 2.42 bits per heavy atom. The van der Waals surface area contributed by atoms with E-state index in [1.54, 1.807) is 0 Å². The fraction of sp³-hybridized carbons (Fsp3) is 0.938. The number of hydrogen-bond donors (Lipinski definition) is 1. The zero-order valence-electron chi connectivity index (χ0n) is 12.7. The fourth-order valence-electron chi connectivity index (χ4n) is 3.82. The molecule has 1 heterocycles. The van der Waals surface area contributed by atoms with Crippen LogP contribution in [-0.4, -0.2) is 35.1 Å². The summed E-state index contributed by atoms with van der Waals surface area (Å²) in [7, 11) is 0. The highest BCUT2D eigenvalue weighted by Gasteiger charge is 2.41. The molecule has 110 valence electrons. The lowest BCUT2D eigenvalue weighted by atomic mass is 9.76. The van der Waals surface area contributed by atoms with E-state index in [9.17, 15) is 9.90 Å². The Morgan fingerprint density at radius 2 is 1.84 bits per heavy atom. The summed E-state index contributed by atoms with van der Waals surface area (Å²) >= 11 is 0. The molecule has 2 aliphatic rings. The van der Waals surface area contributed by atoms with Crippen molar-refractivity contribution in [2.24, 2.45) is 17.3 Å². The van der Waals surface area contributed by atoms with Gasteiger partial charge in [0.1, 0.15) is 0 Å². The number of carbonyl (C=O) groups is 1. The van der Waals surface area contributed by atoms with Gasteiger partial charge in [0.25, 0.3) is 0 Å². The molecule has 2 atom stereocenters. The van der Waals surface area contributed by atoms with Crippen LogP contribution in [0.25, 0.3) is 0 Å². The minimum Gasteiger partial charge on any atom is -0.393 e. The number of aliphatic hydroxyl groups is 1. The van der Waals surface area contributed by atoms with Crippen molar-refractivity contribution in [1.82, 2.24) is 4.90 Å². The van der Waals surface area contributed by atoms with Gasteiger partial charge < -0.3 is 10.0 Å². The summed E-state index contributed by atoms with van der Waals surface area (Å²) in [6, 6.07) is 0. The minimum atomic E-state index is -0.301. The predicted octanol–water partition coefficient (Wildman–Crippen LogP) is 2.82. The van der Waals surface area contributed by atoms with E-state index in [4.69, 9.17) is 0 Å². The molecule has 1 saturated carbocycles. The van der Waals surface area contributed by atoms with Gasteiger partial charge >= 0.3 is 0 Å². The average Bonchev–Trinajstić information content (AvgIpc) is 2.92. The number of aliphatic hydroxyl groups excluding tert-OH is 1. The lowest BCUT2D eigenvalue weighted by molar-refractivity contribution is -0.146. The molecule has 2 fully saturated rings. The number of piperidine rings is 1. The second kappa shape index (κ2) is 5.82. The van der Waals surface area contributed by atoms with E-state index >= 15 is 0 Å². The lowest BCUT2D eigenvalue weighted by Crippen LogP contribution is -2.49. The minimum absolute atomic E-state index is 0.225. The van der Waals surface area contributed by atoms with E-state index in [1.165, 1.54) is 25.7 Å². The molecule has 1 amide bonds. The van der Waals surface area contributed by atoms with Gasteiger partial charge in [-0.25, -0.2) is 0 Å². The van der Waals surface area contributed by atoms with Crippen LogP contribution in [0.4, 0.5) is 0 Å². The van der Waals surface area contributed by atoms with Gasteiger partial charge in [0.15, 0.2) is 0 Å². The van der Waals surface area contributed by atoms with Crippen LogP contribution in [0.2, 0.25) is 0 Å². The molecule has 3 nitrogen and oxygen atoms in total. The van der Waals surface area contributed by atoms with Gasteiger partial charge in [-0.3, -0.25) is 4.79 Å². The van der Waals surface area contributed by atoms with E-state index in [-0.39, 0.29) is 17.4 Å². The zero-order valence-corrected chi connectivity index (χ0v) is 12.7. The molecule has 0 aromatic carbocycles. The number of hydrogen-bond acceptors (Lipinski definition) is 2. The summed E-state index contributed by atoms with van der Waals surface area (Å²) in [5.74, 6) is 1.12. The Hall–Kier alpha value is -0.570. The van der Waals surface area contributed by atoms with Gasteiger partial charge in [-0.1, -0.05) is 26.7 Å². The Kier molecular flexibility index (Phi) is 4.54.